The first-order valence-corrected chi connectivity index (χ1v) is 43.8. The van der Waals surface area contributed by atoms with E-state index in [1.807, 2.05) is 12.2 Å². The molecule has 0 aliphatic carbocycles. The number of ether oxygens (including phenoxy) is 4. The Balaban J connectivity index is 5.40. The van der Waals surface area contributed by atoms with Crippen LogP contribution in [0.4, 0.5) is 0 Å². The number of allylic oxidation sites excluding steroid dienone is 14. The van der Waals surface area contributed by atoms with E-state index in [4.69, 9.17) is 37.0 Å². The topological polar surface area (TPSA) is 237 Å². The van der Waals surface area contributed by atoms with E-state index in [9.17, 15) is 43.2 Å². The summed E-state index contributed by atoms with van der Waals surface area (Å²) in [5.41, 5.74) is 0. The maximum atomic E-state index is 13.1. The van der Waals surface area contributed by atoms with E-state index in [-0.39, 0.29) is 25.7 Å². The molecule has 5 atom stereocenters. The van der Waals surface area contributed by atoms with Crippen LogP contribution in [0.15, 0.2) is 85.1 Å². The van der Waals surface area contributed by atoms with Gasteiger partial charge in [0.2, 0.25) is 0 Å². The lowest BCUT2D eigenvalue weighted by atomic mass is 10.1. The van der Waals surface area contributed by atoms with E-state index in [2.05, 4.69) is 101 Å². The molecular formula is C83H148O17P2. The molecule has 0 aromatic rings. The van der Waals surface area contributed by atoms with Crippen molar-refractivity contribution in [3.8, 4) is 0 Å². The molecule has 19 heteroatoms. The lowest BCUT2D eigenvalue weighted by molar-refractivity contribution is -0.161. The first-order chi connectivity index (χ1) is 49.7. The second kappa shape index (κ2) is 75.5. The Bertz CT molecular complexity index is 2260. The van der Waals surface area contributed by atoms with Gasteiger partial charge in [-0.1, -0.05) is 280 Å². The van der Waals surface area contributed by atoms with Gasteiger partial charge in [-0.05, 0) is 141 Å². The van der Waals surface area contributed by atoms with Crippen LogP contribution in [0.3, 0.4) is 0 Å². The molecule has 0 saturated carbocycles. The van der Waals surface area contributed by atoms with Crippen molar-refractivity contribution >= 4 is 39.5 Å². The zero-order valence-electron chi connectivity index (χ0n) is 64.8. The molecule has 0 fully saturated rings. The number of carbonyl (C=O) groups is 4. The standard InChI is InChI=1S/C83H148O17P2/c1-5-9-13-17-21-25-29-33-37-38-42-44-48-52-56-60-64-68-81(86)94-74-79(100-83(88)70-66-62-58-54-50-46-41-36-32-28-24-20-16-12-8-4)76-98-102(91,92)96-72-77(84)71-95-101(89,90)97-75-78(99-82(87)69-65-61-57-53-49-45-40-35-31-27-23-19-15-11-7-3)73-93-80(85)67-63-59-55-51-47-43-39-34-30-26-22-18-14-10-6-2/h21,25-26,30,33,35-37,40-42,44,52,56,77-79,84H,5-20,22-24,27-29,31-32,34,38-39,43,45-51,53-55,57-76H2,1-4H3,(H,89,90)(H,91,92)/b25-21-,30-26-,37-33-,40-35-,41-36-,44-42-,56-52-/t77-,78+,79+/m0/s1. The van der Waals surface area contributed by atoms with Gasteiger partial charge in [0.1, 0.15) is 19.3 Å². The highest BCUT2D eigenvalue weighted by Gasteiger charge is 2.30. The Labute approximate surface area is 621 Å². The van der Waals surface area contributed by atoms with Gasteiger partial charge in [-0.2, -0.15) is 0 Å². The summed E-state index contributed by atoms with van der Waals surface area (Å²) in [6.45, 7) is 4.79. The third-order valence-corrected chi connectivity index (χ3v) is 19.2. The van der Waals surface area contributed by atoms with Crippen molar-refractivity contribution in [2.45, 2.75) is 380 Å². The number of carbonyl (C=O) groups excluding carboxylic acids is 4. The molecule has 3 N–H and O–H groups in total. The fourth-order valence-corrected chi connectivity index (χ4v) is 12.6. The van der Waals surface area contributed by atoms with Crippen LogP contribution in [0.2, 0.25) is 0 Å². The van der Waals surface area contributed by atoms with Crippen LogP contribution in [-0.2, 0) is 65.4 Å². The third-order valence-electron chi connectivity index (χ3n) is 17.3. The van der Waals surface area contributed by atoms with Crippen LogP contribution in [0.1, 0.15) is 362 Å². The van der Waals surface area contributed by atoms with Gasteiger partial charge < -0.3 is 33.8 Å². The zero-order chi connectivity index (χ0) is 74.6. The first kappa shape index (κ1) is 98.2. The van der Waals surface area contributed by atoms with E-state index in [1.54, 1.807) is 0 Å². The fraction of sp³-hybridized carbons (Fsp3) is 0.783. The predicted molar refractivity (Wildman–Crippen MR) is 418 cm³/mol. The number of unbranched alkanes of at least 4 members (excludes halogenated alkanes) is 37. The molecular weight excluding hydrogens is 1330 g/mol. The quantitative estimate of drug-likeness (QED) is 0.0169. The summed E-state index contributed by atoms with van der Waals surface area (Å²) < 4.78 is 68.6. The molecule has 2 unspecified atom stereocenters. The Morgan fingerprint density at radius 3 is 0.814 bits per heavy atom. The molecule has 0 aromatic carbocycles. The van der Waals surface area contributed by atoms with E-state index >= 15 is 0 Å². The van der Waals surface area contributed by atoms with Crippen LogP contribution in [-0.4, -0.2) is 96.7 Å². The van der Waals surface area contributed by atoms with Crippen LogP contribution in [0.25, 0.3) is 0 Å². The Morgan fingerprint density at radius 2 is 0.490 bits per heavy atom. The van der Waals surface area contributed by atoms with Gasteiger partial charge in [0, 0.05) is 25.7 Å². The SMILES string of the molecule is CCCCC/C=C\C/C=C\C/C=C\C/C=C\CCCC(=O)OC[C@H](COP(=O)(O)OC[C@@H](O)COP(=O)(O)OC[C@@H](COC(=O)CCCCCCCCC/C=C\CCCCCC)OC(=O)CCCCCCC/C=C\CCCCCCCC)OC(=O)CCCCCCC/C=C\CCCCCCCC. The number of phosphoric ester groups is 2. The minimum absolute atomic E-state index is 0.0748. The summed E-state index contributed by atoms with van der Waals surface area (Å²) >= 11 is 0. The third kappa shape index (κ3) is 74.5. The fourth-order valence-electron chi connectivity index (χ4n) is 11.0. The van der Waals surface area contributed by atoms with Crippen LogP contribution in [0.5, 0.6) is 0 Å². The molecule has 0 aromatic heterocycles. The molecule has 0 amide bonds. The molecule has 102 heavy (non-hydrogen) atoms. The summed E-state index contributed by atoms with van der Waals surface area (Å²) in [7, 11) is -9.97. The summed E-state index contributed by atoms with van der Waals surface area (Å²) in [4.78, 5) is 73.0. The van der Waals surface area contributed by atoms with Gasteiger partial charge in [0.05, 0.1) is 26.4 Å². The van der Waals surface area contributed by atoms with Crippen LogP contribution < -0.4 is 0 Å². The van der Waals surface area contributed by atoms with E-state index in [0.717, 1.165) is 141 Å². The number of phosphoric acid groups is 2. The lowest BCUT2D eigenvalue weighted by Crippen LogP contribution is -2.30. The summed E-state index contributed by atoms with van der Waals surface area (Å²) in [5, 5.41) is 10.6. The number of esters is 4. The maximum absolute atomic E-state index is 13.1. The van der Waals surface area contributed by atoms with Crippen LogP contribution in [0, 0.1) is 0 Å². The van der Waals surface area contributed by atoms with E-state index < -0.39 is 97.5 Å². The number of hydrogen-bond donors (Lipinski definition) is 3. The second-order valence-electron chi connectivity index (χ2n) is 27.3. The molecule has 0 heterocycles. The largest absolute Gasteiger partial charge is 0.472 e. The Hall–Kier alpha value is -3.76. The van der Waals surface area contributed by atoms with Crippen LogP contribution >= 0.6 is 15.6 Å². The second-order valence-corrected chi connectivity index (χ2v) is 30.3. The van der Waals surface area contributed by atoms with Crippen molar-refractivity contribution in [3.05, 3.63) is 85.1 Å². The molecule has 0 rings (SSSR count). The van der Waals surface area contributed by atoms with Crippen molar-refractivity contribution in [2.24, 2.45) is 0 Å². The minimum atomic E-state index is -4.99. The molecule has 0 bridgehead atoms. The monoisotopic (exact) mass is 1480 g/mol. The van der Waals surface area contributed by atoms with Crippen molar-refractivity contribution in [1.82, 2.24) is 0 Å². The molecule has 0 spiro atoms. The number of aliphatic hydroxyl groups excluding tert-OH is 1. The lowest BCUT2D eigenvalue weighted by Gasteiger charge is -2.21. The molecule has 0 saturated heterocycles. The molecule has 17 nitrogen and oxygen atoms in total. The zero-order valence-corrected chi connectivity index (χ0v) is 66.6. The van der Waals surface area contributed by atoms with Gasteiger partial charge in [-0.3, -0.25) is 37.3 Å². The highest BCUT2D eigenvalue weighted by Crippen LogP contribution is 2.45. The van der Waals surface area contributed by atoms with Gasteiger partial charge in [0.25, 0.3) is 0 Å². The first-order valence-electron chi connectivity index (χ1n) is 40.8. The van der Waals surface area contributed by atoms with Crippen molar-refractivity contribution in [1.29, 1.82) is 0 Å². The van der Waals surface area contributed by atoms with Gasteiger partial charge in [-0.15, -0.1) is 0 Å². The van der Waals surface area contributed by atoms with Gasteiger partial charge in [-0.25, -0.2) is 9.13 Å². The smallest absolute Gasteiger partial charge is 0.462 e. The highest BCUT2D eigenvalue weighted by atomic mass is 31.2. The molecule has 0 radical (unpaired) electrons. The minimum Gasteiger partial charge on any atom is -0.462 e. The average molecular weight is 1480 g/mol. The highest BCUT2D eigenvalue weighted by molar-refractivity contribution is 7.47. The molecule has 0 aliphatic heterocycles. The summed E-state index contributed by atoms with van der Waals surface area (Å²) in [5.74, 6) is -2.24. The van der Waals surface area contributed by atoms with Crippen molar-refractivity contribution < 1.29 is 80.2 Å². The van der Waals surface area contributed by atoms with Crippen molar-refractivity contribution in [3.63, 3.8) is 0 Å². The maximum Gasteiger partial charge on any atom is 0.472 e. The summed E-state index contributed by atoms with van der Waals surface area (Å²) in [6.07, 6.45) is 78.4. The molecule has 592 valence electrons. The summed E-state index contributed by atoms with van der Waals surface area (Å²) in [6, 6.07) is 0. The van der Waals surface area contributed by atoms with Crippen molar-refractivity contribution in [2.75, 3.05) is 39.6 Å². The number of hydrogen-bond acceptors (Lipinski definition) is 15. The molecule has 0 aliphatic rings. The average Bonchev–Trinajstić information content (AvgIpc) is 0.923. The van der Waals surface area contributed by atoms with E-state index in [1.165, 1.54) is 135 Å². The number of rotatable bonds is 77. The normalized spacial score (nSPS) is 14.3. The number of aliphatic hydroxyl groups is 1. The predicted octanol–water partition coefficient (Wildman–Crippen LogP) is 23.8. The van der Waals surface area contributed by atoms with E-state index in [0.29, 0.717) is 32.1 Å². The van der Waals surface area contributed by atoms with Gasteiger partial charge >= 0.3 is 39.5 Å². The van der Waals surface area contributed by atoms with Gasteiger partial charge in [0.15, 0.2) is 12.2 Å². The Morgan fingerprint density at radius 1 is 0.275 bits per heavy atom. The Kier molecular flexibility index (Phi) is 72.7.